The van der Waals surface area contributed by atoms with E-state index in [-0.39, 0.29) is 31.0 Å². The first-order chi connectivity index (χ1) is 8.39. The Hall–Kier alpha value is -0.630. The number of Topliss-reactive ketones (excluding diaryl/α,β-unsaturated/α-hetero) is 1. The number of carbonyl (C=O) groups excluding carboxylic acids is 1. The quantitative estimate of drug-likeness (QED) is 0.580. The maximum Gasteiger partial charge on any atom is 0.523 e. The molecule has 0 N–H and O–H groups in total. The smallest absolute Gasteiger partial charge is 0.299 e. The van der Waals surface area contributed by atoms with Crippen molar-refractivity contribution in [3.05, 3.63) is 0 Å². The van der Waals surface area contributed by atoms with Gasteiger partial charge in [0.15, 0.2) is 0 Å². The first kappa shape index (κ1) is 14.8. The van der Waals surface area contributed by atoms with E-state index >= 15 is 0 Å². The summed E-state index contributed by atoms with van der Waals surface area (Å²) in [6.45, 7) is 3.51. The second-order valence-electron chi connectivity index (χ2n) is 6.07. The molecule has 3 aliphatic carbocycles. The van der Waals surface area contributed by atoms with Gasteiger partial charge in [0, 0.05) is 12.3 Å². The van der Waals surface area contributed by atoms with Crippen molar-refractivity contribution in [2.75, 3.05) is 0 Å². The lowest BCUT2D eigenvalue weighted by Gasteiger charge is -2.52. The molecule has 3 rings (SSSR count). The van der Waals surface area contributed by atoms with Gasteiger partial charge in [0.25, 0.3) is 0 Å². The van der Waals surface area contributed by atoms with Crippen LogP contribution in [0, 0.1) is 11.3 Å². The highest BCUT2D eigenvalue weighted by Gasteiger charge is 2.60. The van der Waals surface area contributed by atoms with Crippen LogP contribution in [0.25, 0.3) is 0 Å². The zero-order chi connectivity index (χ0) is 14.7. The molecule has 3 aliphatic rings. The summed E-state index contributed by atoms with van der Waals surface area (Å²) in [5.41, 5.74) is -7.51. The number of hydrogen-bond acceptors (Lipinski definition) is 4. The van der Waals surface area contributed by atoms with Gasteiger partial charge in [0.05, 0.1) is 5.60 Å². The van der Waals surface area contributed by atoms with E-state index in [2.05, 4.69) is 4.18 Å². The predicted molar refractivity (Wildman–Crippen MR) is 59.5 cm³/mol. The Morgan fingerprint density at radius 1 is 1.32 bits per heavy atom. The van der Waals surface area contributed by atoms with Gasteiger partial charge in [0.2, 0.25) is 0 Å². The largest absolute Gasteiger partial charge is 0.523 e. The maximum absolute atomic E-state index is 12.4. The van der Waals surface area contributed by atoms with Gasteiger partial charge in [-0.25, -0.2) is 0 Å². The van der Waals surface area contributed by atoms with E-state index in [0.717, 1.165) is 0 Å². The Morgan fingerprint density at radius 2 is 1.89 bits per heavy atom. The summed E-state index contributed by atoms with van der Waals surface area (Å²) in [7, 11) is -5.67. The molecule has 0 radical (unpaired) electrons. The lowest BCUT2D eigenvalue weighted by Crippen LogP contribution is -2.56. The van der Waals surface area contributed by atoms with Gasteiger partial charge >= 0.3 is 15.6 Å². The van der Waals surface area contributed by atoms with Gasteiger partial charge in [0.1, 0.15) is 5.78 Å². The molecule has 0 aromatic heterocycles. The van der Waals surface area contributed by atoms with E-state index < -0.39 is 26.6 Å². The molecule has 0 spiro atoms. The molecule has 2 unspecified atom stereocenters. The number of fused-ring (bicyclic) bond motifs is 3. The molecular formula is C11H15F3O4S. The van der Waals surface area contributed by atoms with Crippen LogP contribution >= 0.6 is 0 Å². The summed E-state index contributed by atoms with van der Waals surface area (Å²) in [6.07, 6.45) is 0.434. The Bertz CT molecular complexity index is 509. The zero-order valence-electron chi connectivity index (χ0n) is 10.6. The van der Waals surface area contributed by atoms with Gasteiger partial charge in [-0.05, 0) is 24.7 Å². The monoisotopic (exact) mass is 300 g/mol. The number of alkyl halides is 3. The lowest BCUT2D eigenvalue weighted by atomic mass is 9.55. The van der Waals surface area contributed by atoms with Crippen LogP contribution < -0.4 is 0 Å². The van der Waals surface area contributed by atoms with Crippen molar-refractivity contribution in [2.45, 2.75) is 50.6 Å². The van der Waals surface area contributed by atoms with Crippen LogP contribution in [0.1, 0.15) is 39.5 Å². The Kier molecular flexibility index (Phi) is 3.06. The minimum Gasteiger partial charge on any atom is -0.299 e. The minimum absolute atomic E-state index is 0.145. The fraction of sp³-hybridized carbons (Fsp3) is 0.909. The van der Waals surface area contributed by atoms with E-state index in [1.165, 1.54) is 0 Å². The van der Waals surface area contributed by atoms with Crippen LogP contribution in [0.3, 0.4) is 0 Å². The molecule has 0 saturated heterocycles. The standard InChI is InChI=1S/C11H15F3O4S/c1-9(2)6-10(4-3-7(9)8(15)5-10)18-19(16,17)11(12,13)14/h7H,3-6H2,1-2H3. The van der Waals surface area contributed by atoms with Crippen molar-refractivity contribution in [3.8, 4) is 0 Å². The highest BCUT2D eigenvalue weighted by molar-refractivity contribution is 7.87. The average Bonchev–Trinajstić information content (AvgIpc) is 2.10. The van der Waals surface area contributed by atoms with Crippen molar-refractivity contribution < 1.29 is 30.6 Å². The molecule has 0 aliphatic heterocycles. The molecule has 3 saturated carbocycles. The first-order valence-electron chi connectivity index (χ1n) is 5.93. The van der Waals surface area contributed by atoms with Gasteiger partial charge in [-0.3, -0.25) is 8.98 Å². The van der Waals surface area contributed by atoms with E-state index in [1.54, 1.807) is 13.8 Å². The van der Waals surface area contributed by atoms with Crippen molar-refractivity contribution >= 4 is 15.9 Å². The SMILES string of the molecule is CC1(C)CC2(OS(=O)(=O)C(F)(F)F)CCC1C(=O)C2. The molecule has 110 valence electrons. The molecule has 8 heteroatoms. The van der Waals surface area contributed by atoms with Crippen LogP contribution in [0.5, 0.6) is 0 Å². The van der Waals surface area contributed by atoms with E-state index in [1.807, 2.05) is 0 Å². The lowest BCUT2D eigenvalue weighted by molar-refractivity contribution is -0.155. The molecule has 0 aromatic rings. The average molecular weight is 300 g/mol. The van der Waals surface area contributed by atoms with Crippen molar-refractivity contribution in [1.82, 2.24) is 0 Å². The summed E-state index contributed by atoms with van der Waals surface area (Å²) in [5, 5.41) is 0. The number of ketones is 1. The van der Waals surface area contributed by atoms with Crippen LogP contribution in [-0.2, 0) is 19.1 Å². The molecular weight excluding hydrogens is 285 g/mol. The molecule has 0 aromatic carbocycles. The molecule has 2 bridgehead atoms. The second kappa shape index (κ2) is 3.94. The topological polar surface area (TPSA) is 60.4 Å². The van der Waals surface area contributed by atoms with Crippen molar-refractivity contribution in [3.63, 3.8) is 0 Å². The minimum atomic E-state index is -5.67. The highest BCUT2D eigenvalue weighted by Crippen LogP contribution is 2.55. The number of carbonyl (C=O) groups is 1. The molecule has 0 heterocycles. The number of halogens is 3. The molecule has 3 fully saturated rings. The summed E-state index contributed by atoms with van der Waals surface area (Å²) < 4.78 is 64.0. The Morgan fingerprint density at radius 3 is 2.32 bits per heavy atom. The van der Waals surface area contributed by atoms with Crippen LogP contribution in [0.15, 0.2) is 0 Å². The van der Waals surface area contributed by atoms with Crippen molar-refractivity contribution in [2.24, 2.45) is 11.3 Å². The van der Waals surface area contributed by atoms with Gasteiger partial charge in [-0.2, -0.15) is 21.6 Å². The normalized spacial score (nSPS) is 34.6. The van der Waals surface area contributed by atoms with Crippen LogP contribution in [0.2, 0.25) is 0 Å². The van der Waals surface area contributed by atoms with Crippen LogP contribution in [0.4, 0.5) is 13.2 Å². The summed E-state index contributed by atoms with van der Waals surface area (Å²) in [6, 6.07) is 0. The Balaban J connectivity index is 2.32. The van der Waals surface area contributed by atoms with Gasteiger partial charge < -0.3 is 0 Å². The second-order valence-corrected chi connectivity index (χ2v) is 7.60. The first-order valence-corrected chi connectivity index (χ1v) is 7.34. The van der Waals surface area contributed by atoms with Gasteiger partial charge in [-0.1, -0.05) is 13.8 Å². The van der Waals surface area contributed by atoms with E-state index in [9.17, 15) is 26.4 Å². The summed E-state index contributed by atoms with van der Waals surface area (Å²) in [4.78, 5) is 11.9. The fourth-order valence-electron chi connectivity index (χ4n) is 3.41. The highest BCUT2D eigenvalue weighted by atomic mass is 32.2. The van der Waals surface area contributed by atoms with Gasteiger partial charge in [-0.15, -0.1) is 0 Å². The Labute approximate surface area is 109 Å². The third-order valence-corrected chi connectivity index (χ3v) is 5.20. The number of hydrogen-bond donors (Lipinski definition) is 0. The fourth-order valence-corrected chi connectivity index (χ4v) is 4.17. The van der Waals surface area contributed by atoms with E-state index in [4.69, 9.17) is 0 Å². The third kappa shape index (κ3) is 2.40. The molecule has 4 nitrogen and oxygen atoms in total. The zero-order valence-corrected chi connectivity index (χ0v) is 11.4. The van der Waals surface area contributed by atoms with E-state index in [0.29, 0.717) is 6.42 Å². The third-order valence-electron chi connectivity index (χ3n) is 4.06. The molecule has 19 heavy (non-hydrogen) atoms. The van der Waals surface area contributed by atoms with Crippen molar-refractivity contribution in [1.29, 1.82) is 0 Å². The molecule has 0 amide bonds. The summed E-state index contributed by atoms with van der Waals surface area (Å²) in [5.74, 6) is -0.425. The predicted octanol–water partition coefficient (Wildman–Crippen LogP) is 2.39. The number of rotatable bonds is 2. The maximum atomic E-state index is 12.4. The van der Waals surface area contributed by atoms with Crippen LogP contribution in [-0.4, -0.2) is 25.3 Å². The molecule has 2 atom stereocenters. The summed E-state index contributed by atoms with van der Waals surface area (Å²) >= 11 is 0.